The number of fused-ring (bicyclic) bond motifs is 1. The van der Waals surface area contributed by atoms with E-state index in [9.17, 15) is 4.79 Å². The zero-order chi connectivity index (χ0) is 13.2. The Bertz CT molecular complexity index is 661. The lowest BCUT2D eigenvalue weighted by molar-refractivity contribution is -0.114. The van der Waals surface area contributed by atoms with Crippen LogP contribution in [0.2, 0.25) is 0 Å². The second-order valence-electron chi connectivity index (χ2n) is 4.52. The smallest absolute Gasteiger partial charge is 0.222 e. The molecule has 3 rings (SSSR count). The maximum absolute atomic E-state index is 11.2. The van der Waals surface area contributed by atoms with Crippen molar-refractivity contribution >= 4 is 17.9 Å². The van der Waals surface area contributed by atoms with Gasteiger partial charge in [0.25, 0.3) is 0 Å². The van der Waals surface area contributed by atoms with E-state index < -0.39 is 6.10 Å². The number of aryl methyl sites for hydroxylation is 1. The van der Waals surface area contributed by atoms with Crippen LogP contribution in [0, 0.1) is 6.92 Å². The molecule has 0 radical (unpaired) electrons. The average molecular weight is 251 g/mol. The highest BCUT2D eigenvalue weighted by molar-refractivity contribution is 5.98. The molecule has 2 aromatic carbocycles. The van der Waals surface area contributed by atoms with Crippen LogP contribution in [0.3, 0.4) is 0 Å². The van der Waals surface area contributed by atoms with E-state index in [-0.39, 0.29) is 0 Å². The van der Waals surface area contributed by atoms with Gasteiger partial charge in [0, 0.05) is 11.1 Å². The minimum atomic E-state index is -0.579. The summed E-state index contributed by atoms with van der Waals surface area (Å²) in [4.78, 5) is 15.7. The molecule has 1 aliphatic heterocycles. The van der Waals surface area contributed by atoms with E-state index in [1.165, 1.54) is 0 Å². The standard InChI is InChI=1S/C16H13NO2/c1-11-5-4-6-12(9-11)16-17-14-8-3-2-7-13(14)15(10-18)19-16/h2-10,15H,1H3. The van der Waals surface area contributed by atoms with Crippen molar-refractivity contribution in [3.63, 3.8) is 0 Å². The molecule has 0 bridgehead atoms. The lowest BCUT2D eigenvalue weighted by atomic mass is 10.1. The molecular formula is C16H13NO2. The Balaban J connectivity index is 2.10. The van der Waals surface area contributed by atoms with Gasteiger partial charge in [-0.1, -0.05) is 35.9 Å². The Morgan fingerprint density at radius 2 is 2.00 bits per heavy atom. The molecule has 2 aromatic rings. The number of ether oxygens (including phenoxy) is 1. The van der Waals surface area contributed by atoms with Crippen molar-refractivity contribution < 1.29 is 9.53 Å². The minimum absolute atomic E-state index is 0.500. The van der Waals surface area contributed by atoms with Crippen LogP contribution in [-0.4, -0.2) is 12.2 Å². The monoisotopic (exact) mass is 251 g/mol. The van der Waals surface area contributed by atoms with Crippen LogP contribution in [0.4, 0.5) is 5.69 Å². The Kier molecular flexibility index (Phi) is 2.88. The quantitative estimate of drug-likeness (QED) is 0.768. The molecule has 19 heavy (non-hydrogen) atoms. The lowest BCUT2D eigenvalue weighted by Gasteiger charge is -2.22. The second kappa shape index (κ2) is 4.69. The largest absolute Gasteiger partial charge is 0.461 e. The third kappa shape index (κ3) is 2.15. The summed E-state index contributed by atoms with van der Waals surface area (Å²) < 4.78 is 5.69. The summed E-state index contributed by atoms with van der Waals surface area (Å²) in [6.07, 6.45) is 0.229. The topological polar surface area (TPSA) is 38.7 Å². The molecular weight excluding hydrogens is 238 g/mol. The van der Waals surface area contributed by atoms with E-state index >= 15 is 0 Å². The number of nitrogens with zero attached hydrogens (tertiary/aromatic N) is 1. The van der Waals surface area contributed by atoms with Crippen LogP contribution < -0.4 is 0 Å². The van der Waals surface area contributed by atoms with Gasteiger partial charge >= 0.3 is 0 Å². The van der Waals surface area contributed by atoms with E-state index in [0.29, 0.717) is 5.90 Å². The van der Waals surface area contributed by atoms with E-state index in [1.807, 2.05) is 55.5 Å². The number of rotatable bonds is 2. The molecule has 1 atom stereocenters. The Labute approximate surface area is 111 Å². The fourth-order valence-electron chi connectivity index (χ4n) is 2.16. The van der Waals surface area contributed by atoms with Crippen LogP contribution in [0.5, 0.6) is 0 Å². The number of aliphatic imine (C=N–C) groups is 1. The molecule has 0 fully saturated rings. The molecule has 1 unspecified atom stereocenters. The first-order valence-electron chi connectivity index (χ1n) is 6.14. The van der Waals surface area contributed by atoms with Gasteiger partial charge < -0.3 is 4.74 Å². The summed E-state index contributed by atoms with van der Waals surface area (Å²) in [5.41, 5.74) is 3.63. The molecule has 0 aromatic heterocycles. The van der Waals surface area contributed by atoms with Gasteiger partial charge in [0.2, 0.25) is 5.90 Å². The van der Waals surface area contributed by atoms with E-state index in [1.54, 1.807) is 0 Å². The molecule has 1 aliphatic rings. The number of carbonyl (C=O) groups excluding carboxylic acids is 1. The normalized spacial score (nSPS) is 17.1. The van der Waals surface area contributed by atoms with Crippen molar-refractivity contribution in [2.24, 2.45) is 4.99 Å². The van der Waals surface area contributed by atoms with Crippen molar-refractivity contribution in [3.8, 4) is 0 Å². The molecule has 0 aliphatic carbocycles. The number of para-hydroxylation sites is 1. The first-order chi connectivity index (χ1) is 9.28. The number of aldehydes is 1. The van der Waals surface area contributed by atoms with Gasteiger partial charge in [-0.15, -0.1) is 0 Å². The molecule has 3 nitrogen and oxygen atoms in total. The molecule has 3 heteroatoms. The summed E-state index contributed by atoms with van der Waals surface area (Å²) >= 11 is 0. The number of hydrogen-bond acceptors (Lipinski definition) is 3. The number of hydrogen-bond donors (Lipinski definition) is 0. The first-order valence-corrected chi connectivity index (χ1v) is 6.14. The zero-order valence-electron chi connectivity index (χ0n) is 10.5. The Hall–Kier alpha value is -2.42. The van der Waals surface area contributed by atoms with Crippen LogP contribution >= 0.6 is 0 Å². The summed E-state index contributed by atoms with van der Waals surface area (Å²) in [6, 6.07) is 15.4. The molecule has 0 spiro atoms. The van der Waals surface area contributed by atoms with E-state index in [2.05, 4.69) is 4.99 Å². The van der Waals surface area contributed by atoms with Gasteiger partial charge in [0.15, 0.2) is 12.4 Å². The van der Waals surface area contributed by atoms with Crippen LogP contribution in [0.1, 0.15) is 22.8 Å². The summed E-state index contributed by atoms with van der Waals surface area (Å²) in [5.74, 6) is 0.500. The predicted molar refractivity (Wildman–Crippen MR) is 73.7 cm³/mol. The van der Waals surface area contributed by atoms with Gasteiger partial charge in [-0.3, -0.25) is 4.79 Å². The van der Waals surface area contributed by atoms with E-state index in [0.717, 1.165) is 28.7 Å². The molecule has 1 heterocycles. The summed E-state index contributed by atoms with van der Waals surface area (Å²) in [7, 11) is 0. The Morgan fingerprint density at radius 1 is 1.16 bits per heavy atom. The van der Waals surface area contributed by atoms with Gasteiger partial charge in [-0.25, -0.2) is 4.99 Å². The van der Waals surface area contributed by atoms with Crippen LogP contribution in [0.15, 0.2) is 53.5 Å². The van der Waals surface area contributed by atoms with Crippen molar-refractivity contribution in [3.05, 3.63) is 65.2 Å². The highest BCUT2D eigenvalue weighted by Crippen LogP contribution is 2.32. The van der Waals surface area contributed by atoms with Gasteiger partial charge in [-0.2, -0.15) is 0 Å². The van der Waals surface area contributed by atoms with Gasteiger partial charge in [0.1, 0.15) is 0 Å². The molecule has 0 N–H and O–H groups in total. The van der Waals surface area contributed by atoms with Crippen LogP contribution in [0.25, 0.3) is 0 Å². The maximum Gasteiger partial charge on any atom is 0.222 e. The minimum Gasteiger partial charge on any atom is -0.461 e. The molecule has 0 saturated carbocycles. The third-order valence-corrected chi connectivity index (χ3v) is 3.09. The molecule has 0 saturated heterocycles. The summed E-state index contributed by atoms with van der Waals surface area (Å²) in [5, 5.41) is 0. The number of benzene rings is 2. The highest BCUT2D eigenvalue weighted by atomic mass is 16.5. The van der Waals surface area contributed by atoms with Crippen molar-refractivity contribution in [2.45, 2.75) is 13.0 Å². The van der Waals surface area contributed by atoms with Crippen LogP contribution in [-0.2, 0) is 9.53 Å². The first kappa shape index (κ1) is 11.7. The zero-order valence-corrected chi connectivity index (χ0v) is 10.5. The Morgan fingerprint density at radius 3 is 2.79 bits per heavy atom. The third-order valence-electron chi connectivity index (χ3n) is 3.09. The predicted octanol–water partition coefficient (Wildman–Crippen LogP) is 3.34. The second-order valence-corrected chi connectivity index (χ2v) is 4.52. The van der Waals surface area contributed by atoms with Gasteiger partial charge in [0.05, 0.1) is 5.69 Å². The maximum atomic E-state index is 11.2. The highest BCUT2D eigenvalue weighted by Gasteiger charge is 2.23. The lowest BCUT2D eigenvalue weighted by Crippen LogP contribution is -2.17. The molecule has 94 valence electrons. The fraction of sp³-hybridized carbons (Fsp3) is 0.125. The summed E-state index contributed by atoms with van der Waals surface area (Å²) in [6.45, 7) is 2.01. The van der Waals surface area contributed by atoms with E-state index in [4.69, 9.17) is 4.74 Å². The van der Waals surface area contributed by atoms with Crippen molar-refractivity contribution in [2.75, 3.05) is 0 Å². The van der Waals surface area contributed by atoms with Crippen molar-refractivity contribution in [1.29, 1.82) is 0 Å². The molecule has 0 amide bonds. The fourth-order valence-corrected chi connectivity index (χ4v) is 2.16. The van der Waals surface area contributed by atoms with Gasteiger partial charge in [-0.05, 0) is 25.1 Å². The van der Waals surface area contributed by atoms with Crippen molar-refractivity contribution in [1.82, 2.24) is 0 Å². The average Bonchev–Trinajstić information content (AvgIpc) is 2.46. The SMILES string of the molecule is Cc1cccc(C2=Nc3ccccc3C(C=O)O2)c1. The number of carbonyl (C=O) groups is 1.